The molecule has 0 aliphatic heterocycles. The van der Waals surface area contributed by atoms with Crippen LogP contribution in [0, 0.1) is 0 Å². The van der Waals surface area contributed by atoms with Crippen molar-refractivity contribution >= 4 is 54.6 Å². The number of rotatable bonds is 9. The van der Waals surface area contributed by atoms with E-state index in [1.165, 1.54) is 18.5 Å². The molecule has 10 heteroatoms. The molecule has 32 heavy (non-hydrogen) atoms. The number of halogens is 1. The molecule has 0 saturated heterocycles. The van der Waals surface area contributed by atoms with E-state index in [0.717, 1.165) is 29.1 Å². The van der Waals surface area contributed by atoms with Gasteiger partial charge in [0.1, 0.15) is 5.71 Å². The third kappa shape index (κ3) is 5.67. The zero-order valence-electron chi connectivity index (χ0n) is 18.3. The molecule has 0 radical (unpaired) electrons. The molecule has 3 N–H and O–H groups in total. The second-order valence-electron chi connectivity index (χ2n) is 7.62. The molecule has 0 unspecified atom stereocenters. The fourth-order valence-electron chi connectivity index (χ4n) is 3.40. The maximum Gasteiger partial charge on any atom is 0.270 e. The van der Waals surface area contributed by atoms with Crippen LogP contribution in [0.4, 0.5) is 17.1 Å². The molecule has 1 amide bonds. The Kier molecular flexibility index (Phi) is 7.58. The lowest BCUT2D eigenvalue weighted by molar-refractivity contribution is -0.114. The lowest BCUT2D eigenvalue weighted by Gasteiger charge is -2.26. The summed E-state index contributed by atoms with van der Waals surface area (Å²) in [5.74, 6) is -0.178. The number of nitrogen functional groups attached to an aromatic ring is 1. The summed E-state index contributed by atoms with van der Waals surface area (Å²) in [5, 5.41) is 2.62. The molecule has 8 nitrogen and oxygen atoms in total. The van der Waals surface area contributed by atoms with Gasteiger partial charge in [0.2, 0.25) is 10.0 Å². The Hall–Kier alpha value is -2.43. The first-order chi connectivity index (χ1) is 15.2. The van der Waals surface area contributed by atoms with Gasteiger partial charge in [-0.2, -0.15) is 0 Å². The highest BCUT2D eigenvalue weighted by molar-refractivity contribution is 9.10. The van der Waals surface area contributed by atoms with Crippen LogP contribution in [-0.4, -0.2) is 53.6 Å². The van der Waals surface area contributed by atoms with Crippen LogP contribution in [0.1, 0.15) is 29.9 Å². The number of hydrogen-bond acceptors (Lipinski definition) is 6. The number of ether oxygens (including phenoxy) is 1. The minimum atomic E-state index is -3.56. The molecule has 0 spiro atoms. The number of methoxy groups -OCH3 is 1. The second kappa shape index (κ2) is 10.0. The zero-order valence-corrected chi connectivity index (χ0v) is 20.7. The molecule has 1 aliphatic rings. The van der Waals surface area contributed by atoms with Crippen molar-refractivity contribution in [3.05, 3.63) is 52.0 Å². The number of likely N-dealkylation sites (N-methyl/N-ethyl adjacent to an activating group) is 1. The molecule has 2 aromatic rings. The van der Waals surface area contributed by atoms with Crippen molar-refractivity contribution in [2.24, 2.45) is 4.99 Å². The van der Waals surface area contributed by atoms with Gasteiger partial charge in [0.25, 0.3) is 5.91 Å². The fourth-order valence-corrected chi connectivity index (χ4v) is 4.59. The van der Waals surface area contributed by atoms with Crippen LogP contribution in [0.25, 0.3) is 0 Å². The average Bonchev–Trinajstić information content (AvgIpc) is 3.58. The lowest BCUT2D eigenvalue weighted by Crippen LogP contribution is -2.34. The third-order valence-electron chi connectivity index (χ3n) is 5.15. The molecule has 0 heterocycles. The highest BCUT2D eigenvalue weighted by atomic mass is 79.9. The highest BCUT2D eigenvalue weighted by Gasteiger charge is 2.32. The zero-order chi connectivity index (χ0) is 23.5. The number of aliphatic imine (C=N–C) groups is 1. The van der Waals surface area contributed by atoms with E-state index in [0.29, 0.717) is 16.9 Å². The molecule has 3 rings (SSSR count). The SMILES string of the molecule is CNC(=O)C(=Nc1ccc(Br)cc1)c1cc(C2CC2)c(N(CCOC)S(C)(=O)=O)cc1N. The number of nitrogens with two attached hydrogens (primary N) is 1. The standard InChI is InChI=1S/C22H27BrN4O4S/c1-25-22(28)21(26-16-8-6-15(23)7-9-16)18-12-17(14-4-5-14)20(13-19(18)24)27(10-11-31-2)32(3,29)30/h6-9,12-14H,4-5,10-11,24H2,1-3H3,(H,25,28). The van der Waals surface area contributed by atoms with E-state index < -0.39 is 10.0 Å². The van der Waals surface area contributed by atoms with E-state index in [4.69, 9.17) is 10.5 Å². The number of anilines is 2. The fraction of sp³-hybridized carbons (Fsp3) is 0.364. The monoisotopic (exact) mass is 522 g/mol. The molecule has 1 saturated carbocycles. The first-order valence-corrected chi connectivity index (χ1v) is 12.8. The van der Waals surface area contributed by atoms with Gasteiger partial charge in [0.15, 0.2) is 0 Å². The Morgan fingerprint density at radius 1 is 1.28 bits per heavy atom. The van der Waals surface area contributed by atoms with E-state index in [1.807, 2.05) is 12.1 Å². The van der Waals surface area contributed by atoms with Gasteiger partial charge in [-0.3, -0.25) is 9.10 Å². The largest absolute Gasteiger partial charge is 0.398 e. The normalized spacial score (nSPS) is 14.3. The number of nitrogens with one attached hydrogen (secondary N) is 1. The van der Waals surface area contributed by atoms with Crippen molar-refractivity contribution in [3.63, 3.8) is 0 Å². The van der Waals surface area contributed by atoms with Crippen molar-refractivity contribution in [1.82, 2.24) is 5.32 Å². The van der Waals surface area contributed by atoms with Gasteiger partial charge in [0.05, 0.1) is 30.8 Å². The lowest BCUT2D eigenvalue weighted by atomic mass is 9.98. The van der Waals surface area contributed by atoms with Gasteiger partial charge < -0.3 is 15.8 Å². The minimum absolute atomic E-state index is 0.170. The quantitative estimate of drug-likeness (QED) is 0.387. The van der Waals surface area contributed by atoms with Crippen LogP contribution in [0.5, 0.6) is 0 Å². The number of carbonyl (C=O) groups excluding carboxylic acids is 1. The van der Waals surface area contributed by atoms with Gasteiger partial charge in [-0.1, -0.05) is 15.9 Å². The molecular weight excluding hydrogens is 496 g/mol. The topological polar surface area (TPSA) is 114 Å². The number of hydrogen-bond donors (Lipinski definition) is 2. The molecule has 0 bridgehead atoms. The van der Waals surface area contributed by atoms with Gasteiger partial charge in [-0.15, -0.1) is 0 Å². The van der Waals surface area contributed by atoms with Crippen molar-refractivity contribution in [3.8, 4) is 0 Å². The van der Waals surface area contributed by atoms with E-state index in [2.05, 4.69) is 26.2 Å². The number of nitrogens with zero attached hydrogens (tertiary/aromatic N) is 2. The van der Waals surface area contributed by atoms with Crippen LogP contribution in [0.15, 0.2) is 45.9 Å². The maximum absolute atomic E-state index is 12.7. The third-order valence-corrected chi connectivity index (χ3v) is 6.86. The molecule has 0 atom stereocenters. The predicted octanol–water partition coefficient (Wildman–Crippen LogP) is 3.19. The van der Waals surface area contributed by atoms with Gasteiger partial charge in [-0.25, -0.2) is 13.4 Å². The summed E-state index contributed by atoms with van der Waals surface area (Å²) in [6, 6.07) is 10.7. The molecule has 0 aromatic heterocycles. The summed E-state index contributed by atoms with van der Waals surface area (Å²) in [5.41, 5.74) is 9.24. The average molecular weight is 523 g/mol. The Balaban J connectivity index is 2.16. The highest BCUT2D eigenvalue weighted by Crippen LogP contribution is 2.46. The summed E-state index contributed by atoms with van der Waals surface area (Å²) in [4.78, 5) is 17.3. The van der Waals surface area contributed by atoms with Crippen LogP contribution >= 0.6 is 15.9 Å². The minimum Gasteiger partial charge on any atom is -0.398 e. The summed E-state index contributed by atoms with van der Waals surface area (Å²) in [6.45, 7) is 0.413. The summed E-state index contributed by atoms with van der Waals surface area (Å²) >= 11 is 3.39. The number of carbonyl (C=O) groups is 1. The summed E-state index contributed by atoms with van der Waals surface area (Å²) < 4.78 is 32.4. The number of sulfonamides is 1. The van der Waals surface area contributed by atoms with E-state index in [9.17, 15) is 13.2 Å². The van der Waals surface area contributed by atoms with Crippen LogP contribution in [0.2, 0.25) is 0 Å². The van der Waals surface area contributed by atoms with Crippen molar-refractivity contribution in [1.29, 1.82) is 0 Å². The molecule has 172 valence electrons. The van der Waals surface area contributed by atoms with Crippen molar-refractivity contribution in [2.75, 3.05) is 43.6 Å². The van der Waals surface area contributed by atoms with Gasteiger partial charge in [0, 0.05) is 29.9 Å². The Morgan fingerprint density at radius 2 is 1.94 bits per heavy atom. The molecule has 1 fully saturated rings. The van der Waals surface area contributed by atoms with E-state index in [1.54, 1.807) is 24.3 Å². The van der Waals surface area contributed by atoms with Crippen LogP contribution < -0.4 is 15.4 Å². The van der Waals surface area contributed by atoms with Gasteiger partial charge in [-0.05, 0) is 60.7 Å². The molecule has 1 aliphatic carbocycles. The molecular formula is C22H27BrN4O4S. The van der Waals surface area contributed by atoms with Crippen molar-refractivity contribution in [2.45, 2.75) is 18.8 Å². The van der Waals surface area contributed by atoms with Crippen LogP contribution in [0.3, 0.4) is 0 Å². The Labute approximate surface area is 197 Å². The predicted molar refractivity (Wildman–Crippen MR) is 131 cm³/mol. The second-order valence-corrected chi connectivity index (χ2v) is 10.4. The number of benzene rings is 2. The number of amides is 1. The van der Waals surface area contributed by atoms with E-state index >= 15 is 0 Å². The van der Waals surface area contributed by atoms with Crippen molar-refractivity contribution < 1.29 is 17.9 Å². The molecule has 2 aromatic carbocycles. The maximum atomic E-state index is 12.7. The Morgan fingerprint density at radius 3 is 2.47 bits per heavy atom. The smallest absolute Gasteiger partial charge is 0.270 e. The first-order valence-electron chi connectivity index (χ1n) is 10.1. The summed E-state index contributed by atoms with van der Waals surface area (Å²) in [7, 11) is -0.507. The van der Waals surface area contributed by atoms with Gasteiger partial charge >= 0.3 is 0 Å². The van der Waals surface area contributed by atoms with Crippen LogP contribution in [-0.2, 0) is 19.6 Å². The van der Waals surface area contributed by atoms with E-state index in [-0.39, 0.29) is 36.4 Å². The summed E-state index contributed by atoms with van der Waals surface area (Å²) in [6.07, 6.45) is 3.04. The Bertz CT molecular complexity index is 1130. The first kappa shape index (κ1) is 24.2.